The van der Waals surface area contributed by atoms with Crippen LogP contribution in [0.1, 0.15) is 15.9 Å². The SMILES string of the molecule is O=C(O)c1cccnc1SNCc1cc(F)cc(F)c1. The molecule has 0 saturated carbocycles. The standard InChI is InChI=1S/C13H10F2N2O2S/c14-9-4-8(5-10(15)6-9)7-17-20-12-11(13(18)19)2-1-3-16-12/h1-6,17H,7H2,(H,18,19). The molecule has 0 spiro atoms. The van der Waals surface area contributed by atoms with E-state index in [1.807, 2.05) is 0 Å². The van der Waals surface area contributed by atoms with E-state index < -0.39 is 17.6 Å². The van der Waals surface area contributed by atoms with Gasteiger partial charge in [0, 0.05) is 18.8 Å². The molecule has 0 amide bonds. The maximum absolute atomic E-state index is 13.0. The van der Waals surface area contributed by atoms with E-state index in [9.17, 15) is 13.6 Å². The average molecular weight is 296 g/mol. The van der Waals surface area contributed by atoms with Gasteiger partial charge in [-0.2, -0.15) is 0 Å². The van der Waals surface area contributed by atoms with Crippen LogP contribution in [0.2, 0.25) is 0 Å². The Kier molecular flexibility index (Phi) is 4.65. The van der Waals surface area contributed by atoms with Crippen molar-refractivity contribution in [2.75, 3.05) is 0 Å². The highest BCUT2D eigenvalue weighted by molar-refractivity contribution is 7.97. The number of nitrogens with one attached hydrogen (secondary N) is 1. The summed E-state index contributed by atoms with van der Waals surface area (Å²) in [5.41, 5.74) is 0.484. The lowest BCUT2D eigenvalue weighted by atomic mass is 10.2. The Bertz CT molecular complexity index is 617. The average Bonchev–Trinajstić information content (AvgIpc) is 2.38. The summed E-state index contributed by atoms with van der Waals surface area (Å²) < 4.78 is 28.8. The normalized spacial score (nSPS) is 10.5. The van der Waals surface area contributed by atoms with E-state index >= 15 is 0 Å². The molecule has 0 bridgehead atoms. The minimum absolute atomic E-state index is 0.0652. The van der Waals surface area contributed by atoms with Crippen LogP contribution in [0.5, 0.6) is 0 Å². The number of carbonyl (C=O) groups is 1. The van der Waals surface area contributed by atoms with Gasteiger partial charge in [0.1, 0.15) is 16.7 Å². The van der Waals surface area contributed by atoms with Crippen LogP contribution in [0.3, 0.4) is 0 Å². The molecular formula is C13H10F2N2O2S. The summed E-state index contributed by atoms with van der Waals surface area (Å²) in [5.74, 6) is -2.40. The van der Waals surface area contributed by atoms with Gasteiger partial charge in [0.25, 0.3) is 0 Å². The zero-order valence-corrected chi connectivity index (χ0v) is 11.0. The van der Waals surface area contributed by atoms with Gasteiger partial charge in [-0.15, -0.1) is 0 Å². The fourth-order valence-electron chi connectivity index (χ4n) is 1.54. The Hall–Kier alpha value is -1.99. The lowest BCUT2D eigenvalue weighted by molar-refractivity contribution is 0.0692. The summed E-state index contributed by atoms with van der Waals surface area (Å²) in [6.45, 7) is 0.176. The Balaban J connectivity index is 2.01. The van der Waals surface area contributed by atoms with Crippen molar-refractivity contribution >= 4 is 17.9 Å². The quantitative estimate of drug-likeness (QED) is 0.831. The number of hydrogen-bond acceptors (Lipinski definition) is 4. The fraction of sp³-hybridized carbons (Fsp3) is 0.0769. The van der Waals surface area contributed by atoms with E-state index in [1.54, 1.807) is 0 Å². The van der Waals surface area contributed by atoms with Crippen LogP contribution >= 0.6 is 11.9 Å². The van der Waals surface area contributed by atoms with Gasteiger partial charge in [0.2, 0.25) is 0 Å². The molecule has 0 saturated heterocycles. The maximum atomic E-state index is 13.0. The van der Waals surface area contributed by atoms with E-state index in [0.29, 0.717) is 5.56 Å². The first-order valence-electron chi connectivity index (χ1n) is 5.59. The van der Waals surface area contributed by atoms with Gasteiger partial charge in [0.05, 0.1) is 5.56 Å². The fourth-order valence-corrected chi connectivity index (χ4v) is 2.29. The number of rotatable bonds is 5. The number of carboxylic acids is 1. The number of halogens is 2. The number of nitrogens with zero attached hydrogens (tertiary/aromatic N) is 1. The van der Waals surface area contributed by atoms with Crippen LogP contribution in [-0.4, -0.2) is 16.1 Å². The van der Waals surface area contributed by atoms with Gasteiger partial charge in [-0.1, -0.05) is 0 Å². The summed E-state index contributed by atoms with van der Waals surface area (Å²) >= 11 is 0.995. The Labute approximate surface area is 118 Å². The van der Waals surface area contributed by atoms with E-state index in [4.69, 9.17) is 5.11 Å². The molecular weight excluding hydrogens is 286 g/mol. The number of pyridine rings is 1. The Morgan fingerprint density at radius 3 is 2.65 bits per heavy atom. The summed E-state index contributed by atoms with van der Waals surface area (Å²) in [6.07, 6.45) is 1.47. The first-order valence-corrected chi connectivity index (χ1v) is 6.41. The third kappa shape index (κ3) is 3.75. The molecule has 7 heteroatoms. The van der Waals surface area contributed by atoms with Crippen molar-refractivity contribution in [3.63, 3.8) is 0 Å². The molecule has 0 atom stereocenters. The van der Waals surface area contributed by atoms with Gasteiger partial charge in [-0.3, -0.25) is 4.72 Å². The molecule has 1 aromatic heterocycles. The summed E-state index contributed by atoms with van der Waals surface area (Å²) in [7, 11) is 0. The molecule has 0 aliphatic carbocycles. The second-order valence-electron chi connectivity index (χ2n) is 3.86. The summed E-state index contributed by atoms with van der Waals surface area (Å²) in [5, 5.41) is 9.26. The number of benzene rings is 1. The highest BCUT2D eigenvalue weighted by Gasteiger charge is 2.11. The molecule has 2 aromatic rings. The Morgan fingerprint density at radius 2 is 2.00 bits per heavy atom. The predicted molar refractivity (Wildman–Crippen MR) is 70.3 cm³/mol. The van der Waals surface area contributed by atoms with E-state index in [0.717, 1.165) is 18.0 Å². The minimum Gasteiger partial charge on any atom is -0.478 e. The van der Waals surface area contributed by atoms with Crippen molar-refractivity contribution in [2.24, 2.45) is 0 Å². The molecule has 0 radical (unpaired) electrons. The molecule has 0 aliphatic heterocycles. The second kappa shape index (κ2) is 6.44. The second-order valence-corrected chi connectivity index (χ2v) is 4.74. The smallest absolute Gasteiger partial charge is 0.338 e. The highest BCUT2D eigenvalue weighted by atomic mass is 32.2. The molecule has 0 unspecified atom stereocenters. The van der Waals surface area contributed by atoms with Crippen LogP contribution in [-0.2, 0) is 6.54 Å². The number of carboxylic acid groups (broad SMARTS) is 1. The van der Waals surface area contributed by atoms with Crippen molar-refractivity contribution in [3.8, 4) is 0 Å². The summed E-state index contributed by atoms with van der Waals surface area (Å²) in [4.78, 5) is 14.9. The van der Waals surface area contributed by atoms with Crippen LogP contribution in [0.4, 0.5) is 8.78 Å². The first kappa shape index (κ1) is 14.4. The van der Waals surface area contributed by atoms with Crippen molar-refractivity contribution in [3.05, 3.63) is 59.3 Å². The zero-order valence-electron chi connectivity index (χ0n) is 10.1. The monoisotopic (exact) mass is 296 g/mol. The molecule has 0 aliphatic rings. The van der Waals surface area contributed by atoms with Crippen molar-refractivity contribution in [2.45, 2.75) is 11.6 Å². The van der Waals surface area contributed by atoms with Crippen LogP contribution in [0.15, 0.2) is 41.6 Å². The maximum Gasteiger partial charge on any atom is 0.338 e. The number of hydrogen-bond donors (Lipinski definition) is 2. The third-order valence-electron chi connectivity index (χ3n) is 2.37. The molecule has 1 heterocycles. The molecule has 20 heavy (non-hydrogen) atoms. The largest absolute Gasteiger partial charge is 0.478 e. The lowest BCUT2D eigenvalue weighted by Gasteiger charge is -2.06. The number of aromatic nitrogens is 1. The van der Waals surface area contributed by atoms with Crippen LogP contribution in [0, 0.1) is 11.6 Å². The third-order valence-corrected chi connectivity index (χ3v) is 3.18. The van der Waals surface area contributed by atoms with Gasteiger partial charge in [0.15, 0.2) is 0 Å². The van der Waals surface area contributed by atoms with Gasteiger partial charge >= 0.3 is 5.97 Å². The van der Waals surface area contributed by atoms with E-state index in [1.165, 1.54) is 30.5 Å². The molecule has 2 rings (SSSR count). The van der Waals surface area contributed by atoms with Gasteiger partial charge in [-0.05, 0) is 41.8 Å². The molecule has 1 aromatic carbocycles. The first-order chi connectivity index (χ1) is 9.56. The number of aromatic carboxylic acids is 1. The van der Waals surface area contributed by atoms with Crippen LogP contribution < -0.4 is 4.72 Å². The molecule has 4 nitrogen and oxygen atoms in total. The lowest BCUT2D eigenvalue weighted by Crippen LogP contribution is -2.07. The predicted octanol–water partition coefficient (Wildman–Crippen LogP) is 2.85. The minimum atomic E-state index is -1.08. The van der Waals surface area contributed by atoms with Crippen molar-refractivity contribution in [1.29, 1.82) is 0 Å². The van der Waals surface area contributed by atoms with Gasteiger partial charge < -0.3 is 5.11 Å². The Morgan fingerprint density at radius 1 is 1.30 bits per heavy atom. The topological polar surface area (TPSA) is 62.2 Å². The molecule has 0 fully saturated rings. The summed E-state index contributed by atoms with van der Waals surface area (Å²) in [6, 6.07) is 6.15. The molecule has 2 N–H and O–H groups in total. The van der Waals surface area contributed by atoms with E-state index in [2.05, 4.69) is 9.71 Å². The van der Waals surface area contributed by atoms with Crippen molar-refractivity contribution < 1.29 is 18.7 Å². The highest BCUT2D eigenvalue weighted by Crippen LogP contribution is 2.18. The van der Waals surface area contributed by atoms with Crippen LogP contribution in [0.25, 0.3) is 0 Å². The zero-order chi connectivity index (χ0) is 14.5. The van der Waals surface area contributed by atoms with Crippen molar-refractivity contribution in [1.82, 2.24) is 9.71 Å². The van der Waals surface area contributed by atoms with Gasteiger partial charge in [-0.25, -0.2) is 18.6 Å². The molecule has 104 valence electrons. The van der Waals surface area contributed by atoms with E-state index in [-0.39, 0.29) is 17.1 Å².